The number of nitrogens with zero attached hydrogens (tertiary/aromatic N) is 5. The largest absolute Gasteiger partial charge is 0.481 e. The summed E-state index contributed by atoms with van der Waals surface area (Å²) in [4.78, 5) is 28.4. The highest BCUT2D eigenvalue weighted by Crippen LogP contribution is 2.36. The Morgan fingerprint density at radius 1 is 1.06 bits per heavy atom. The summed E-state index contributed by atoms with van der Waals surface area (Å²) in [6.45, 7) is 0. The molecule has 0 unspecified atom stereocenters. The van der Waals surface area contributed by atoms with Gasteiger partial charge in [-0.2, -0.15) is 13.2 Å². The summed E-state index contributed by atoms with van der Waals surface area (Å²) < 4.78 is 60.5. The second kappa shape index (κ2) is 9.98. The van der Waals surface area contributed by atoms with Gasteiger partial charge >= 0.3 is 6.18 Å². The molecule has 0 atom stereocenters. The molecule has 36 heavy (non-hydrogen) atoms. The third kappa shape index (κ3) is 5.74. The smallest absolute Gasteiger partial charge is 0.421 e. The zero-order valence-corrected chi connectivity index (χ0v) is 19.0. The third-order valence-corrected chi connectivity index (χ3v) is 4.97. The molecule has 0 aliphatic heterocycles. The molecule has 9 nitrogen and oxygen atoms in total. The maximum atomic E-state index is 14.7. The number of rotatable bonds is 7. The molecule has 0 saturated carbocycles. The number of benzene rings is 1. The first-order valence-corrected chi connectivity index (χ1v) is 10.4. The maximum Gasteiger partial charge on any atom is 0.421 e. The average Bonchev–Trinajstić information content (AvgIpc) is 3.24. The molecule has 2 N–H and O–H groups in total. The third-order valence-electron chi connectivity index (χ3n) is 4.97. The average molecular weight is 501 g/mol. The topological polar surface area (TPSA) is 107 Å². The van der Waals surface area contributed by atoms with Crippen LogP contribution in [-0.2, 0) is 24.4 Å². The Morgan fingerprint density at radius 2 is 1.81 bits per heavy atom. The van der Waals surface area contributed by atoms with Crippen molar-refractivity contribution < 1.29 is 27.1 Å². The van der Waals surface area contributed by atoms with E-state index in [1.807, 2.05) is 7.05 Å². The van der Waals surface area contributed by atoms with Gasteiger partial charge < -0.3 is 19.9 Å². The number of carbonyl (C=O) groups is 1. The molecule has 1 aromatic carbocycles. The van der Waals surface area contributed by atoms with Crippen LogP contribution in [-0.4, -0.2) is 37.5 Å². The number of ether oxygens (including phenoxy) is 1. The van der Waals surface area contributed by atoms with E-state index in [9.17, 15) is 22.4 Å². The highest BCUT2D eigenvalue weighted by Gasteiger charge is 2.35. The fourth-order valence-electron chi connectivity index (χ4n) is 3.27. The summed E-state index contributed by atoms with van der Waals surface area (Å²) in [6, 6.07) is 4.93. The molecule has 0 aliphatic carbocycles. The predicted molar refractivity (Wildman–Crippen MR) is 122 cm³/mol. The van der Waals surface area contributed by atoms with E-state index < -0.39 is 35.8 Å². The number of carbonyl (C=O) groups excluding carboxylic acids is 1. The summed E-state index contributed by atoms with van der Waals surface area (Å²) in [6.07, 6.45) is 2.29. The minimum Gasteiger partial charge on any atom is -0.481 e. The van der Waals surface area contributed by atoms with Gasteiger partial charge in [-0.15, -0.1) is 0 Å². The van der Waals surface area contributed by atoms with Crippen LogP contribution in [0, 0.1) is 5.82 Å². The van der Waals surface area contributed by atoms with Gasteiger partial charge in [0, 0.05) is 31.2 Å². The van der Waals surface area contributed by atoms with E-state index in [1.54, 1.807) is 23.2 Å². The van der Waals surface area contributed by atoms with Gasteiger partial charge in [-0.25, -0.2) is 24.3 Å². The van der Waals surface area contributed by atoms with E-state index in [0.717, 1.165) is 13.3 Å². The molecule has 186 valence electrons. The molecule has 3 aromatic heterocycles. The summed E-state index contributed by atoms with van der Waals surface area (Å²) in [5.74, 6) is -1.12. The minimum atomic E-state index is -4.72. The summed E-state index contributed by atoms with van der Waals surface area (Å²) in [5, 5.41) is 5.24. The van der Waals surface area contributed by atoms with Crippen LogP contribution >= 0.6 is 0 Å². The number of nitrogens with one attached hydrogen (secondary N) is 2. The molecule has 3 heterocycles. The van der Waals surface area contributed by atoms with Crippen molar-refractivity contribution in [3.05, 3.63) is 72.3 Å². The van der Waals surface area contributed by atoms with Crippen molar-refractivity contribution in [3.8, 4) is 17.0 Å². The summed E-state index contributed by atoms with van der Waals surface area (Å²) in [5.41, 5.74) is -0.248. The summed E-state index contributed by atoms with van der Waals surface area (Å²) >= 11 is 0. The van der Waals surface area contributed by atoms with Crippen LogP contribution in [0.3, 0.4) is 0 Å². The number of halogens is 4. The van der Waals surface area contributed by atoms with E-state index in [2.05, 4.69) is 35.3 Å². The first-order chi connectivity index (χ1) is 17.1. The molecule has 0 fully saturated rings. The molecular weight excluding hydrogens is 482 g/mol. The van der Waals surface area contributed by atoms with E-state index in [-0.39, 0.29) is 11.3 Å². The SMILES string of the molecule is COc1ncc(NC(=O)Cc2ccc(-c3cnc(Nc4cn(C)cn4)nc3)cc2F)cc1C(F)(F)F. The number of anilines is 3. The fraction of sp³-hybridized carbons (Fsp3) is 0.174. The first-order valence-electron chi connectivity index (χ1n) is 10.4. The number of hydrogen-bond acceptors (Lipinski definition) is 7. The first kappa shape index (κ1) is 24.6. The normalized spacial score (nSPS) is 11.3. The lowest BCUT2D eigenvalue weighted by Gasteiger charge is -2.13. The molecule has 0 aliphatic rings. The summed E-state index contributed by atoms with van der Waals surface area (Å²) in [7, 11) is 2.88. The molecule has 0 radical (unpaired) electrons. The van der Waals surface area contributed by atoms with Gasteiger partial charge in [0.15, 0.2) is 5.82 Å². The Bertz CT molecular complexity index is 1390. The van der Waals surface area contributed by atoms with Gasteiger partial charge in [0.25, 0.3) is 0 Å². The predicted octanol–water partition coefficient (Wildman–Crippen LogP) is 4.36. The zero-order chi connectivity index (χ0) is 25.9. The Kier molecular flexibility index (Phi) is 6.81. The van der Waals surface area contributed by atoms with Gasteiger partial charge in [0.1, 0.15) is 11.4 Å². The van der Waals surface area contributed by atoms with Crippen LogP contribution in [0.1, 0.15) is 11.1 Å². The number of imidazole rings is 1. The lowest BCUT2D eigenvalue weighted by molar-refractivity contribution is -0.139. The van der Waals surface area contributed by atoms with Crippen LogP contribution in [0.5, 0.6) is 5.88 Å². The van der Waals surface area contributed by atoms with Crippen molar-refractivity contribution in [2.75, 3.05) is 17.7 Å². The second-order valence-electron chi connectivity index (χ2n) is 7.65. The standard InChI is InChI=1S/C23H19F4N7O2/c1-34-11-19(31-12-34)33-22-29-8-15(9-30-22)13-3-4-14(18(24)5-13)6-20(35)32-16-7-17(23(25,26)27)21(36-2)28-10-16/h3-5,7-12H,6H2,1-2H3,(H,32,35)(H,29,30,33). The van der Waals surface area contributed by atoms with Crippen LogP contribution in [0.4, 0.5) is 35.0 Å². The lowest BCUT2D eigenvalue weighted by Crippen LogP contribution is -2.17. The molecule has 13 heteroatoms. The van der Waals surface area contributed by atoms with Gasteiger partial charge in [0.2, 0.25) is 17.7 Å². The Morgan fingerprint density at radius 3 is 2.42 bits per heavy atom. The maximum absolute atomic E-state index is 14.7. The van der Waals surface area contributed by atoms with E-state index in [1.165, 1.54) is 24.5 Å². The molecule has 0 bridgehead atoms. The Labute approximate surface area is 202 Å². The second-order valence-corrected chi connectivity index (χ2v) is 7.65. The number of methoxy groups -OCH3 is 1. The molecule has 0 saturated heterocycles. The number of aryl methyl sites for hydroxylation is 1. The van der Waals surface area contributed by atoms with Crippen LogP contribution in [0.15, 0.2) is 55.4 Å². The molecule has 4 aromatic rings. The van der Waals surface area contributed by atoms with Crippen molar-refractivity contribution in [3.63, 3.8) is 0 Å². The van der Waals surface area contributed by atoms with Gasteiger partial charge in [-0.05, 0) is 23.3 Å². The Balaban J connectivity index is 1.43. The van der Waals surface area contributed by atoms with Crippen molar-refractivity contribution in [2.45, 2.75) is 12.6 Å². The van der Waals surface area contributed by atoms with Crippen molar-refractivity contribution in [2.24, 2.45) is 7.05 Å². The van der Waals surface area contributed by atoms with E-state index in [0.29, 0.717) is 29.0 Å². The van der Waals surface area contributed by atoms with Gasteiger partial charge in [-0.3, -0.25) is 4.79 Å². The highest BCUT2D eigenvalue weighted by atomic mass is 19.4. The monoisotopic (exact) mass is 501 g/mol. The van der Waals surface area contributed by atoms with E-state index >= 15 is 0 Å². The number of amides is 1. The Hall–Kier alpha value is -4.55. The van der Waals surface area contributed by atoms with Crippen LogP contribution < -0.4 is 15.4 Å². The van der Waals surface area contributed by atoms with Crippen LogP contribution in [0.2, 0.25) is 0 Å². The quantitative estimate of drug-likeness (QED) is 0.363. The van der Waals surface area contributed by atoms with Gasteiger partial charge in [-0.1, -0.05) is 12.1 Å². The number of aromatic nitrogens is 5. The minimum absolute atomic E-state index is 0.0584. The number of pyridine rings is 1. The fourth-order valence-corrected chi connectivity index (χ4v) is 3.27. The molecule has 1 amide bonds. The van der Waals surface area contributed by atoms with Crippen molar-refractivity contribution >= 4 is 23.4 Å². The van der Waals surface area contributed by atoms with Crippen LogP contribution in [0.25, 0.3) is 11.1 Å². The van der Waals surface area contributed by atoms with Crippen molar-refractivity contribution in [1.82, 2.24) is 24.5 Å². The van der Waals surface area contributed by atoms with Crippen molar-refractivity contribution in [1.29, 1.82) is 0 Å². The molecule has 0 spiro atoms. The van der Waals surface area contributed by atoms with Gasteiger partial charge in [0.05, 0.1) is 31.7 Å². The van der Waals surface area contributed by atoms with E-state index in [4.69, 9.17) is 0 Å². The number of hydrogen-bond donors (Lipinski definition) is 2. The number of alkyl halides is 3. The molecular formula is C23H19F4N7O2. The highest BCUT2D eigenvalue weighted by molar-refractivity contribution is 5.92. The zero-order valence-electron chi connectivity index (χ0n) is 19.0. The molecule has 4 rings (SSSR count). The lowest BCUT2D eigenvalue weighted by atomic mass is 10.0.